The Balaban J connectivity index is 2.03. The Hall–Kier alpha value is -2.91. The summed E-state index contributed by atoms with van der Waals surface area (Å²) in [6.45, 7) is 1.27. The highest BCUT2D eigenvalue weighted by Crippen LogP contribution is 2.22. The minimum Gasteiger partial charge on any atom is -0.496 e. The maximum Gasteiger partial charge on any atom is 0.342 e. The van der Waals surface area contributed by atoms with Crippen molar-refractivity contribution in [3.8, 4) is 5.75 Å². The Bertz CT molecular complexity index is 928. The van der Waals surface area contributed by atoms with Crippen LogP contribution in [0.25, 0.3) is 0 Å². The highest BCUT2D eigenvalue weighted by Gasteiger charge is 2.20. The average Bonchev–Trinajstić information content (AvgIpc) is 2.65. The van der Waals surface area contributed by atoms with E-state index in [1.807, 2.05) is 30.3 Å². The minimum absolute atomic E-state index is 0.102. The van der Waals surface area contributed by atoms with Crippen LogP contribution < -0.4 is 15.2 Å². The summed E-state index contributed by atoms with van der Waals surface area (Å²) in [6.07, 6.45) is 0. The molecule has 2 aromatic carbocycles. The van der Waals surface area contributed by atoms with Crippen LogP contribution in [0.2, 0.25) is 0 Å². The zero-order chi connectivity index (χ0) is 20.0. The van der Waals surface area contributed by atoms with E-state index in [0.29, 0.717) is 0 Å². The summed E-state index contributed by atoms with van der Waals surface area (Å²) in [6, 6.07) is 12.6. The Morgan fingerprint density at radius 2 is 1.81 bits per heavy atom. The number of ether oxygens (including phenoxy) is 2. The largest absolute Gasteiger partial charge is 0.496 e. The van der Waals surface area contributed by atoms with Crippen molar-refractivity contribution in [1.29, 1.82) is 0 Å². The second kappa shape index (κ2) is 8.65. The second-order valence-corrected chi connectivity index (χ2v) is 7.24. The van der Waals surface area contributed by atoms with E-state index in [2.05, 4.69) is 5.32 Å². The highest BCUT2D eigenvalue weighted by atomic mass is 32.2. The van der Waals surface area contributed by atoms with Gasteiger partial charge in [-0.15, -0.1) is 0 Å². The van der Waals surface area contributed by atoms with Crippen molar-refractivity contribution in [2.24, 2.45) is 5.14 Å². The molecule has 0 aliphatic heterocycles. The molecule has 8 nitrogen and oxygen atoms in total. The van der Waals surface area contributed by atoms with Crippen LogP contribution in [0, 0.1) is 0 Å². The smallest absolute Gasteiger partial charge is 0.342 e. The molecule has 0 aliphatic rings. The van der Waals surface area contributed by atoms with E-state index in [-0.39, 0.29) is 22.3 Å². The molecule has 144 valence electrons. The van der Waals surface area contributed by atoms with Gasteiger partial charge in [-0.3, -0.25) is 4.79 Å². The molecule has 0 unspecified atom stereocenters. The highest BCUT2D eigenvalue weighted by molar-refractivity contribution is 7.89. The summed E-state index contributed by atoms with van der Waals surface area (Å²) in [5.74, 6) is -1.30. The molecule has 1 atom stereocenters. The lowest BCUT2D eigenvalue weighted by Gasteiger charge is -2.14. The third kappa shape index (κ3) is 5.53. The monoisotopic (exact) mass is 392 g/mol. The average molecular weight is 392 g/mol. The van der Waals surface area contributed by atoms with Gasteiger partial charge in [-0.05, 0) is 30.7 Å². The standard InChI is InChI=1S/C18H20N2O6S/c1-12(13-6-4-3-5-7-13)20-17(21)11-26-18(22)15-10-14(27(19,23)24)8-9-16(15)25-2/h3-10,12H,11H2,1-2H3,(H,20,21)(H2,19,23,24)/t12-/m1/s1. The molecule has 2 aromatic rings. The molecule has 3 N–H and O–H groups in total. The summed E-state index contributed by atoms with van der Waals surface area (Å²) in [5, 5.41) is 7.77. The molecule has 0 aliphatic carbocycles. The molecule has 2 rings (SSSR count). The first kappa shape index (κ1) is 20.4. The molecule has 0 saturated carbocycles. The van der Waals surface area contributed by atoms with Gasteiger partial charge in [0.15, 0.2) is 6.61 Å². The molecule has 0 saturated heterocycles. The molecule has 0 heterocycles. The Morgan fingerprint density at radius 3 is 2.41 bits per heavy atom. The number of carbonyl (C=O) groups excluding carboxylic acids is 2. The van der Waals surface area contributed by atoms with Crippen molar-refractivity contribution in [3.63, 3.8) is 0 Å². The zero-order valence-electron chi connectivity index (χ0n) is 14.8. The summed E-state index contributed by atoms with van der Waals surface area (Å²) >= 11 is 0. The second-order valence-electron chi connectivity index (χ2n) is 5.68. The van der Waals surface area contributed by atoms with E-state index in [1.54, 1.807) is 6.92 Å². The van der Waals surface area contributed by atoms with Gasteiger partial charge in [0.1, 0.15) is 11.3 Å². The van der Waals surface area contributed by atoms with Crippen LogP contribution in [0.3, 0.4) is 0 Å². The van der Waals surface area contributed by atoms with E-state index >= 15 is 0 Å². The van der Waals surface area contributed by atoms with Crippen LogP contribution in [-0.2, 0) is 19.6 Å². The maximum absolute atomic E-state index is 12.2. The fraction of sp³-hybridized carbons (Fsp3) is 0.222. The normalized spacial score (nSPS) is 12.1. The molecular weight excluding hydrogens is 372 g/mol. The lowest BCUT2D eigenvalue weighted by Crippen LogP contribution is -2.31. The first-order chi connectivity index (χ1) is 12.7. The topological polar surface area (TPSA) is 125 Å². The summed E-state index contributed by atoms with van der Waals surface area (Å²) in [5.41, 5.74) is 0.757. The number of rotatable bonds is 7. The van der Waals surface area contributed by atoms with Crippen molar-refractivity contribution in [3.05, 3.63) is 59.7 Å². The fourth-order valence-corrected chi connectivity index (χ4v) is 2.88. The Morgan fingerprint density at radius 1 is 1.15 bits per heavy atom. The first-order valence-corrected chi connectivity index (χ1v) is 9.49. The number of amides is 1. The van der Waals surface area contributed by atoms with E-state index in [4.69, 9.17) is 14.6 Å². The van der Waals surface area contributed by atoms with Crippen LogP contribution in [0.15, 0.2) is 53.4 Å². The number of carbonyl (C=O) groups is 2. The number of esters is 1. The van der Waals surface area contributed by atoms with Crippen LogP contribution in [-0.4, -0.2) is 34.0 Å². The predicted molar refractivity (Wildman–Crippen MR) is 97.6 cm³/mol. The molecule has 0 spiro atoms. The molecule has 0 radical (unpaired) electrons. The number of sulfonamides is 1. The third-order valence-electron chi connectivity index (χ3n) is 3.73. The van der Waals surface area contributed by atoms with Crippen LogP contribution in [0.1, 0.15) is 28.9 Å². The van der Waals surface area contributed by atoms with E-state index in [9.17, 15) is 18.0 Å². The lowest BCUT2D eigenvalue weighted by atomic mass is 10.1. The maximum atomic E-state index is 12.2. The van der Waals surface area contributed by atoms with Gasteiger partial charge in [-0.2, -0.15) is 0 Å². The predicted octanol–water partition coefficient (Wildman–Crippen LogP) is 1.38. The summed E-state index contributed by atoms with van der Waals surface area (Å²) in [4.78, 5) is 24.0. The molecule has 1 amide bonds. The van der Waals surface area contributed by atoms with Gasteiger partial charge in [-0.1, -0.05) is 30.3 Å². The van der Waals surface area contributed by atoms with Gasteiger partial charge in [0.25, 0.3) is 5.91 Å². The number of nitrogens with one attached hydrogen (secondary N) is 1. The number of hydrogen-bond donors (Lipinski definition) is 2. The zero-order valence-corrected chi connectivity index (χ0v) is 15.7. The van der Waals surface area contributed by atoms with Gasteiger partial charge in [0, 0.05) is 0 Å². The van der Waals surface area contributed by atoms with Crippen molar-refractivity contribution in [1.82, 2.24) is 5.32 Å². The number of methoxy groups -OCH3 is 1. The van der Waals surface area contributed by atoms with Crippen molar-refractivity contribution in [2.75, 3.05) is 13.7 Å². The van der Waals surface area contributed by atoms with E-state index < -0.39 is 28.5 Å². The molecule has 0 fully saturated rings. The van der Waals surface area contributed by atoms with Crippen LogP contribution in [0.4, 0.5) is 0 Å². The van der Waals surface area contributed by atoms with Crippen LogP contribution in [0.5, 0.6) is 5.75 Å². The SMILES string of the molecule is COc1ccc(S(N)(=O)=O)cc1C(=O)OCC(=O)N[C@H](C)c1ccccc1. The van der Waals surface area contributed by atoms with Gasteiger partial charge in [0.05, 0.1) is 18.0 Å². The summed E-state index contributed by atoms with van der Waals surface area (Å²) in [7, 11) is -2.69. The van der Waals surface area contributed by atoms with Crippen molar-refractivity contribution in [2.45, 2.75) is 17.9 Å². The minimum atomic E-state index is -4.00. The number of nitrogens with two attached hydrogens (primary N) is 1. The first-order valence-electron chi connectivity index (χ1n) is 7.94. The lowest BCUT2D eigenvalue weighted by molar-refractivity contribution is -0.124. The molecule has 27 heavy (non-hydrogen) atoms. The molecule has 9 heteroatoms. The van der Waals surface area contributed by atoms with Crippen molar-refractivity contribution >= 4 is 21.9 Å². The quantitative estimate of drug-likeness (QED) is 0.686. The molecule has 0 bridgehead atoms. The summed E-state index contributed by atoms with van der Waals surface area (Å²) < 4.78 is 32.9. The third-order valence-corrected chi connectivity index (χ3v) is 4.64. The van der Waals surface area contributed by atoms with Crippen LogP contribution >= 0.6 is 0 Å². The van der Waals surface area contributed by atoms with Gasteiger partial charge in [0.2, 0.25) is 10.0 Å². The molecular formula is C18H20N2O6S. The van der Waals surface area contributed by atoms with E-state index in [1.165, 1.54) is 19.2 Å². The van der Waals surface area contributed by atoms with Gasteiger partial charge < -0.3 is 14.8 Å². The molecule has 0 aromatic heterocycles. The van der Waals surface area contributed by atoms with Gasteiger partial charge in [-0.25, -0.2) is 18.4 Å². The Kier molecular flexibility index (Phi) is 6.54. The number of benzene rings is 2. The fourth-order valence-electron chi connectivity index (χ4n) is 2.34. The van der Waals surface area contributed by atoms with Gasteiger partial charge >= 0.3 is 5.97 Å². The van der Waals surface area contributed by atoms with E-state index in [0.717, 1.165) is 11.6 Å². The number of primary sulfonamides is 1. The van der Waals surface area contributed by atoms with Crippen molar-refractivity contribution < 1.29 is 27.5 Å². The Labute approximate surface area is 157 Å². The number of hydrogen-bond acceptors (Lipinski definition) is 6.